The summed E-state index contributed by atoms with van der Waals surface area (Å²) in [5, 5.41) is 4.18. The van der Waals surface area contributed by atoms with Crippen LogP contribution in [0.15, 0.2) is 30.5 Å². The predicted octanol–water partition coefficient (Wildman–Crippen LogP) is 3.62. The molecule has 0 unspecified atom stereocenters. The molecule has 5 atom stereocenters. The summed E-state index contributed by atoms with van der Waals surface area (Å²) in [6.07, 6.45) is 8.04. The van der Waals surface area contributed by atoms with E-state index in [9.17, 15) is 4.79 Å². The van der Waals surface area contributed by atoms with Crippen molar-refractivity contribution < 1.29 is 23.8 Å². The van der Waals surface area contributed by atoms with Crippen LogP contribution in [0.1, 0.15) is 45.4 Å². The lowest BCUT2D eigenvalue weighted by Crippen LogP contribution is -2.28. The Kier molecular flexibility index (Phi) is 8.32. The van der Waals surface area contributed by atoms with Gasteiger partial charge >= 0.3 is 5.97 Å². The molecule has 0 aromatic rings. The third-order valence-electron chi connectivity index (χ3n) is 5.01. The van der Waals surface area contributed by atoms with Crippen molar-refractivity contribution in [3.8, 4) is 0 Å². The highest BCUT2D eigenvalue weighted by Crippen LogP contribution is 2.38. The van der Waals surface area contributed by atoms with Gasteiger partial charge in [-0.05, 0) is 44.9 Å². The highest BCUT2D eigenvalue weighted by Gasteiger charge is 2.41. The van der Waals surface area contributed by atoms with Gasteiger partial charge < -0.3 is 19.0 Å². The normalized spacial score (nSPS) is 28.9. The monoisotopic (exact) mass is 365 g/mol. The topological polar surface area (TPSA) is 66.4 Å². The molecule has 6 heteroatoms. The first-order valence-corrected chi connectivity index (χ1v) is 9.36. The van der Waals surface area contributed by atoms with Crippen LogP contribution in [0.2, 0.25) is 0 Å². The first-order chi connectivity index (χ1) is 12.6. The van der Waals surface area contributed by atoms with Crippen molar-refractivity contribution >= 4 is 11.7 Å². The van der Waals surface area contributed by atoms with Crippen molar-refractivity contribution in [1.82, 2.24) is 0 Å². The second-order valence-electron chi connectivity index (χ2n) is 7.02. The Labute approximate surface area is 156 Å². The van der Waals surface area contributed by atoms with E-state index >= 15 is 0 Å². The van der Waals surface area contributed by atoms with E-state index in [2.05, 4.69) is 18.3 Å². The fourth-order valence-electron chi connectivity index (χ4n) is 3.59. The van der Waals surface area contributed by atoms with Crippen LogP contribution in [0.4, 0.5) is 0 Å². The van der Waals surface area contributed by atoms with Crippen molar-refractivity contribution in [3.63, 3.8) is 0 Å². The number of methoxy groups -OCH3 is 1. The van der Waals surface area contributed by atoms with Crippen LogP contribution in [-0.2, 0) is 23.8 Å². The molecule has 1 aliphatic carbocycles. The number of esters is 1. The Hall–Kier alpha value is -1.66. The molecule has 0 amide bonds. The number of hydrogen-bond acceptors (Lipinski definition) is 6. The molecule has 0 aromatic heterocycles. The third kappa shape index (κ3) is 5.68. The highest BCUT2D eigenvalue weighted by molar-refractivity contribution is 5.93. The van der Waals surface area contributed by atoms with E-state index in [1.54, 1.807) is 7.11 Å². The second-order valence-corrected chi connectivity index (χ2v) is 7.02. The number of carbonyl (C=O) groups is 1. The molecule has 2 aliphatic rings. The van der Waals surface area contributed by atoms with Crippen LogP contribution >= 0.6 is 0 Å². The van der Waals surface area contributed by atoms with Gasteiger partial charge in [-0.1, -0.05) is 17.3 Å². The summed E-state index contributed by atoms with van der Waals surface area (Å²) in [6, 6.07) is 0. The summed E-state index contributed by atoms with van der Waals surface area (Å²) in [5.41, 5.74) is 0.902. The number of unbranched alkanes of at least 4 members (excludes halogenated alkanes) is 1. The van der Waals surface area contributed by atoms with E-state index in [1.807, 2.05) is 19.1 Å². The van der Waals surface area contributed by atoms with Gasteiger partial charge in [-0.3, -0.25) is 0 Å². The van der Waals surface area contributed by atoms with Crippen molar-refractivity contribution in [3.05, 3.63) is 25.3 Å². The lowest BCUT2D eigenvalue weighted by Gasteiger charge is -2.16. The van der Waals surface area contributed by atoms with Crippen molar-refractivity contribution in [1.29, 1.82) is 0 Å². The molecule has 1 heterocycles. The molecule has 0 saturated heterocycles. The van der Waals surface area contributed by atoms with E-state index < -0.39 is 6.10 Å². The average molecular weight is 365 g/mol. The summed E-state index contributed by atoms with van der Waals surface area (Å²) in [7, 11) is 1.61. The SMILES string of the molecule is C=CCCC[C@H](C)OC(=O)[C@@H]1CC([C@@H]2C[C@@H](OCOC)C[C@H]2C=C)=NO1. The second kappa shape index (κ2) is 10.5. The standard InChI is InChI=1S/C20H31NO5/c1-5-7-8-9-14(3)25-20(22)19-12-18(21-26-19)17-11-16(24-13-23-4)10-15(17)6-2/h5-6,14-17,19H,1-2,7-13H2,3-4H3/t14-,15+,16-,17+,19-/m0/s1. The number of ether oxygens (including phenoxy) is 3. The van der Waals surface area contributed by atoms with Crippen LogP contribution < -0.4 is 0 Å². The molecule has 6 nitrogen and oxygen atoms in total. The maximum absolute atomic E-state index is 12.3. The van der Waals surface area contributed by atoms with Gasteiger partial charge in [0, 0.05) is 19.4 Å². The summed E-state index contributed by atoms with van der Waals surface area (Å²) in [4.78, 5) is 17.7. The molecule has 0 bridgehead atoms. The molecule has 1 fully saturated rings. The first kappa shape index (κ1) is 20.6. The summed E-state index contributed by atoms with van der Waals surface area (Å²) < 4.78 is 16.2. The van der Waals surface area contributed by atoms with Crippen molar-refractivity contribution in [2.75, 3.05) is 13.9 Å². The van der Waals surface area contributed by atoms with E-state index in [0.717, 1.165) is 37.8 Å². The van der Waals surface area contributed by atoms with Gasteiger partial charge in [0.1, 0.15) is 6.79 Å². The zero-order chi connectivity index (χ0) is 18.9. The zero-order valence-electron chi connectivity index (χ0n) is 15.9. The van der Waals surface area contributed by atoms with Gasteiger partial charge in [-0.15, -0.1) is 13.2 Å². The lowest BCUT2D eigenvalue weighted by molar-refractivity contribution is -0.160. The molecule has 0 radical (unpaired) electrons. The van der Waals surface area contributed by atoms with Gasteiger partial charge in [0.25, 0.3) is 0 Å². The molecule has 0 spiro atoms. The van der Waals surface area contributed by atoms with E-state index in [0.29, 0.717) is 6.42 Å². The van der Waals surface area contributed by atoms with E-state index in [-0.39, 0.29) is 36.8 Å². The highest BCUT2D eigenvalue weighted by atomic mass is 16.7. The third-order valence-corrected chi connectivity index (χ3v) is 5.01. The van der Waals surface area contributed by atoms with Crippen LogP contribution in [0.25, 0.3) is 0 Å². The summed E-state index contributed by atoms with van der Waals surface area (Å²) in [5.74, 6) is 0.124. The first-order valence-electron chi connectivity index (χ1n) is 9.36. The fraction of sp³-hybridized carbons (Fsp3) is 0.700. The molecule has 1 aliphatic heterocycles. The van der Waals surface area contributed by atoms with Gasteiger partial charge in [-0.2, -0.15) is 0 Å². The zero-order valence-corrected chi connectivity index (χ0v) is 15.9. The van der Waals surface area contributed by atoms with Gasteiger partial charge in [0.05, 0.1) is 17.9 Å². The molecule has 2 rings (SSSR count). The lowest BCUT2D eigenvalue weighted by atomic mass is 9.89. The van der Waals surface area contributed by atoms with Crippen LogP contribution in [0, 0.1) is 11.8 Å². The Balaban J connectivity index is 1.81. The maximum atomic E-state index is 12.3. The molecule has 146 valence electrons. The molecule has 0 aromatic carbocycles. The van der Waals surface area contributed by atoms with Crippen molar-refractivity contribution in [2.24, 2.45) is 17.0 Å². The predicted molar refractivity (Wildman–Crippen MR) is 99.7 cm³/mol. The number of allylic oxidation sites excluding steroid dienone is 2. The van der Waals surface area contributed by atoms with Gasteiger partial charge in [0.15, 0.2) is 0 Å². The molecule has 1 saturated carbocycles. The Morgan fingerprint density at radius 1 is 1.42 bits per heavy atom. The Morgan fingerprint density at radius 3 is 2.92 bits per heavy atom. The van der Waals surface area contributed by atoms with Crippen LogP contribution in [0.3, 0.4) is 0 Å². The summed E-state index contributed by atoms with van der Waals surface area (Å²) in [6.45, 7) is 9.81. The molecule has 0 N–H and O–H groups in total. The maximum Gasteiger partial charge on any atom is 0.350 e. The number of hydrogen-bond donors (Lipinski definition) is 0. The number of oxime groups is 1. The molecular formula is C20H31NO5. The number of carbonyl (C=O) groups excluding carboxylic acids is 1. The Bertz CT molecular complexity index is 518. The smallest absolute Gasteiger partial charge is 0.350 e. The van der Waals surface area contributed by atoms with Crippen molar-refractivity contribution in [2.45, 2.75) is 63.8 Å². The Morgan fingerprint density at radius 2 is 2.23 bits per heavy atom. The number of rotatable bonds is 11. The van der Waals surface area contributed by atoms with Crippen LogP contribution in [0.5, 0.6) is 0 Å². The van der Waals surface area contributed by atoms with Gasteiger partial charge in [-0.25, -0.2) is 4.79 Å². The molecular weight excluding hydrogens is 334 g/mol. The minimum Gasteiger partial charge on any atom is -0.460 e. The van der Waals surface area contributed by atoms with E-state index in [1.165, 1.54) is 0 Å². The largest absolute Gasteiger partial charge is 0.460 e. The summed E-state index contributed by atoms with van der Waals surface area (Å²) >= 11 is 0. The quantitative estimate of drug-likeness (QED) is 0.242. The molecule has 26 heavy (non-hydrogen) atoms. The minimum atomic E-state index is -0.642. The number of nitrogens with zero attached hydrogens (tertiary/aromatic N) is 1. The fourth-order valence-corrected chi connectivity index (χ4v) is 3.59. The van der Waals surface area contributed by atoms with E-state index in [4.69, 9.17) is 19.0 Å². The van der Waals surface area contributed by atoms with Gasteiger partial charge in [0.2, 0.25) is 6.10 Å². The minimum absolute atomic E-state index is 0.113. The van der Waals surface area contributed by atoms with Crippen LogP contribution in [-0.4, -0.2) is 43.9 Å². The average Bonchev–Trinajstić information content (AvgIpc) is 3.26.